The molecular weight excluding hydrogens is 279 g/mol. The van der Waals surface area contributed by atoms with E-state index in [0.717, 1.165) is 32.1 Å². The van der Waals surface area contributed by atoms with E-state index in [1.54, 1.807) is 0 Å². The van der Waals surface area contributed by atoms with E-state index >= 15 is 0 Å². The first-order valence-corrected chi connectivity index (χ1v) is 12.3. The van der Waals surface area contributed by atoms with Crippen LogP contribution in [0.5, 0.6) is 0 Å². The highest BCUT2D eigenvalue weighted by molar-refractivity contribution is 6.63. The molecule has 0 heterocycles. The Morgan fingerprint density at radius 3 is 0.909 bits per heavy atom. The van der Waals surface area contributed by atoms with Gasteiger partial charge < -0.3 is 0 Å². The predicted molar refractivity (Wildman–Crippen MR) is 106 cm³/mol. The van der Waals surface area contributed by atoms with Crippen molar-refractivity contribution in [1.29, 1.82) is 0 Å². The minimum Gasteiger partial charge on any atom is -0.0819 e. The summed E-state index contributed by atoms with van der Waals surface area (Å²) < 4.78 is 2.97. The molecule has 0 N–H and O–H groups in total. The van der Waals surface area contributed by atoms with Crippen LogP contribution in [0.15, 0.2) is 0 Å². The summed E-state index contributed by atoms with van der Waals surface area (Å²) in [5.41, 5.74) is 0. The second-order valence-corrected chi connectivity index (χ2v) is 12.8. The third-order valence-electron chi connectivity index (χ3n) is 6.75. The smallest absolute Gasteiger partial charge is 0.0819 e. The molecule has 0 spiro atoms. The van der Waals surface area contributed by atoms with Crippen LogP contribution in [0, 0.1) is 17.8 Å². The molecule has 132 valence electrons. The zero-order valence-corrected chi connectivity index (χ0v) is 18.4. The molecule has 0 aliphatic carbocycles. The third kappa shape index (κ3) is 6.97. The first-order chi connectivity index (χ1) is 10.3. The molecule has 0 saturated carbocycles. The van der Waals surface area contributed by atoms with E-state index in [0.29, 0.717) is 0 Å². The fourth-order valence-corrected chi connectivity index (χ4v) is 10.5. The normalized spacial score (nSPS) is 20.0. The van der Waals surface area contributed by atoms with Crippen molar-refractivity contribution >= 4 is 14.1 Å². The van der Waals surface area contributed by atoms with Gasteiger partial charge >= 0.3 is 0 Å². The summed E-state index contributed by atoms with van der Waals surface area (Å²) in [4.78, 5) is 0. The van der Waals surface area contributed by atoms with Crippen molar-refractivity contribution in [2.24, 2.45) is 17.8 Å². The van der Waals surface area contributed by atoms with Crippen molar-refractivity contribution in [2.45, 2.75) is 115 Å². The molecule has 0 saturated heterocycles. The summed E-state index contributed by atoms with van der Waals surface area (Å²) in [6.07, 6.45) is 8.33. The molecule has 0 nitrogen and oxygen atoms in total. The van der Waals surface area contributed by atoms with E-state index < -0.39 is 14.1 Å². The van der Waals surface area contributed by atoms with Gasteiger partial charge in [0.2, 0.25) is 0 Å². The molecule has 22 heavy (non-hydrogen) atoms. The van der Waals surface area contributed by atoms with Gasteiger partial charge in [0.05, 0.1) is 0 Å². The Balaban J connectivity index is 5.19. The zero-order valence-electron chi connectivity index (χ0n) is 17.3. The maximum absolute atomic E-state index is 2.61. The molecule has 0 bridgehead atoms. The molecule has 0 aliphatic heterocycles. The van der Waals surface area contributed by atoms with Crippen LogP contribution in [0.25, 0.3) is 0 Å². The number of hydrogen-bond donors (Lipinski definition) is 0. The van der Waals surface area contributed by atoms with Crippen molar-refractivity contribution in [2.75, 3.05) is 0 Å². The summed E-state index contributed by atoms with van der Waals surface area (Å²) in [7, 11) is 0. The van der Waals surface area contributed by atoms with Crippen LogP contribution in [0.3, 0.4) is 0 Å². The third-order valence-corrected chi connectivity index (χ3v) is 12.4. The zero-order chi connectivity index (χ0) is 17.3. The van der Waals surface area contributed by atoms with Crippen molar-refractivity contribution in [3.8, 4) is 0 Å². The Labute approximate surface area is 147 Å². The van der Waals surface area contributed by atoms with E-state index in [9.17, 15) is 0 Å². The Bertz CT molecular complexity index is 220. The Morgan fingerprint density at radius 2 is 0.727 bits per heavy atom. The van der Waals surface area contributed by atoms with Crippen LogP contribution < -0.4 is 0 Å². The molecular formula is C21H45Al. The molecule has 0 aromatic carbocycles. The van der Waals surface area contributed by atoms with Crippen molar-refractivity contribution in [3.05, 3.63) is 0 Å². The first kappa shape index (κ1) is 22.5. The number of rotatable bonds is 12. The van der Waals surface area contributed by atoms with Crippen molar-refractivity contribution < 1.29 is 0 Å². The largest absolute Gasteiger partial charge is 0.272 e. The van der Waals surface area contributed by atoms with Crippen LogP contribution in [-0.4, -0.2) is 14.1 Å². The summed E-state index contributed by atoms with van der Waals surface area (Å²) in [5.74, 6) is 2.78. The van der Waals surface area contributed by atoms with Gasteiger partial charge in [-0.05, 0) is 0 Å². The average molecular weight is 325 g/mol. The van der Waals surface area contributed by atoms with Gasteiger partial charge in [0, 0.05) is 0 Å². The molecule has 1 heteroatoms. The lowest BCUT2D eigenvalue weighted by Crippen LogP contribution is -2.37. The van der Waals surface area contributed by atoms with Gasteiger partial charge in [-0.1, -0.05) is 133 Å². The molecule has 6 atom stereocenters. The SMILES string of the molecule is CCCC(C)[CH](C)[Al]([CH](C)C(C)CCC)[CH](C)C(C)CCC. The number of hydrogen-bond acceptors (Lipinski definition) is 0. The average Bonchev–Trinajstić information content (AvgIpc) is 2.47. The topological polar surface area (TPSA) is 0 Å². The summed E-state index contributed by atoms with van der Waals surface area (Å²) in [6, 6.07) is 0. The van der Waals surface area contributed by atoms with E-state index in [-0.39, 0.29) is 0 Å². The Morgan fingerprint density at radius 1 is 0.500 bits per heavy atom. The van der Waals surface area contributed by atoms with E-state index in [1.807, 2.05) is 0 Å². The predicted octanol–water partition coefficient (Wildman–Crippen LogP) is 7.96. The lowest BCUT2D eigenvalue weighted by Gasteiger charge is -2.38. The monoisotopic (exact) mass is 324 g/mol. The lowest BCUT2D eigenvalue weighted by molar-refractivity contribution is 0.434. The van der Waals surface area contributed by atoms with Gasteiger partial charge in [0.25, 0.3) is 14.1 Å². The maximum atomic E-state index is 2.61. The van der Waals surface area contributed by atoms with E-state index in [4.69, 9.17) is 0 Å². The van der Waals surface area contributed by atoms with Gasteiger partial charge in [-0.15, -0.1) is 0 Å². The Kier molecular flexibility index (Phi) is 12.3. The highest BCUT2D eigenvalue weighted by Crippen LogP contribution is 2.44. The van der Waals surface area contributed by atoms with Crippen LogP contribution in [0.2, 0.25) is 14.3 Å². The molecule has 0 amide bonds. The Hall–Kier alpha value is 0.532. The second kappa shape index (κ2) is 12.0. The van der Waals surface area contributed by atoms with Crippen LogP contribution in [0.4, 0.5) is 0 Å². The molecule has 0 aliphatic rings. The van der Waals surface area contributed by atoms with Gasteiger partial charge in [0.15, 0.2) is 0 Å². The lowest BCUT2D eigenvalue weighted by atomic mass is 10.0. The quantitative estimate of drug-likeness (QED) is 0.319. The van der Waals surface area contributed by atoms with Crippen molar-refractivity contribution in [1.82, 2.24) is 0 Å². The fraction of sp³-hybridized carbons (Fsp3) is 1.00. The second-order valence-electron chi connectivity index (χ2n) is 8.45. The summed E-state index contributed by atoms with van der Waals surface area (Å²) in [6.45, 7) is 22.5. The van der Waals surface area contributed by atoms with Crippen molar-refractivity contribution in [3.63, 3.8) is 0 Å². The molecule has 0 aromatic heterocycles. The molecule has 0 fully saturated rings. The maximum Gasteiger partial charge on any atom is 0.272 e. The summed E-state index contributed by atoms with van der Waals surface area (Å²) >= 11 is -0.785. The van der Waals surface area contributed by atoms with Gasteiger partial charge in [-0.25, -0.2) is 0 Å². The highest BCUT2D eigenvalue weighted by atomic mass is 27.2. The van der Waals surface area contributed by atoms with E-state index in [1.165, 1.54) is 38.5 Å². The van der Waals surface area contributed by atoms with Gasteiger partial charge in [-0.3, -0.25) is 0 Å². The van der Waals surface area contributed by atoms with Gasteiger partial charge in [0.1, 0.15) is 0 Å². The fourth-order valence-electron chi connectivity index (χ4n) is 4.73. The molecule has 0 rings (SSSR count). The van der Waals surface area contributed by atoms with Crippen LogP contribution in [-0.2, 0) is 0 Å². The van der Waals surface area contributed by atoms with Crippen LogP contribution in [0.1, 0.15) is 101 Å². The molecule has 6 unspecified atom stereocenters. The minimum atomic E-state index is -0.785. The van der Waals surface area contributed by atoms with Crippen LogP contribution >= 0.6 is 0 Å². The van der Waals surface area contributed by atoms with Gasteiger partial charge in [-0.2, -0.15) is 0 Å². The minimum absolute atomic E-state index is 0.785. The molecule has 0 aromatic rings. The summed E-state index contributed by atoms with van der Waals surface area (Å²) in [5, 5.41) is 0. The highest BCUT2D eigenvalue weighted by Gasteiger charge is 2.40. The standard InChI is InChI=1S/3C7H15.Al/c3*1-4-6-7(3)5-2;/h3*5,7H,4,6H2,1-3H3;. The first-order valence-electron chi connectivity index (χ1n) is 10.3. The van der Waals surface area contributed by atoms with E-state index in [2.05, 4.69) is 62.3 Å². The molecule has 0 radical (unpaired) electrons.